The van der Waals surface area contributed by atoms with Crippen LogP contribution in [-0.2, 0) is 9.53 Å². The van der Waals surface area contributed by atoms with E-state index in [2.05, 4.69) is 5.32 Å². The molecule has 2 unspecified atom stereocenters. The van der Waals surface area contributed by atoms with Gasteiger partial charge in [0.2, 0.25) is 5.91 Å². The molecule has 0 bridgehead atoms. The average molecular weight is 282 g/mol. The summed E-state index contributed by atoms with van der Waals surface area (Å²) in [5.74, 6) is -0.157. The lowest BCUT2D eigenvalue weighted by molar-refractivity contribution is -0.127. The van der Waals surface area contributed by atoms with Crippen molar-refractivity contribution in [3.63, 3.8) is 0 Å². The molecule has 1 aliphatic heterocycles. The number of amides is 1. The van der Waals surface area contributed by atoms with Gasteiger partial charge in [-0.1, -0.05) is 0 Å². The molecule has 3 N–H and O–H groups in total. The van der Waals surface area contributed by atoms with Gasteiger partial charge in [-0.15, -0.1) is 0 Å². The van der Waals surface area contributed by atoms with Crippen LogP contribution >= 0.6 is 0 Å². The summed E-state index contributed by atoms with van der Waals surface area (Å²) in [4.78, 5) is 12.2. The predicted octanol–water partition coefficient (Wildman–Crippen LogP) is 1.13. The van der Waals surface area contributed by atoms with Gasteiger partial charge >= 0.3 is 0 Å². The fraction of sp³-hybridized carbons (Fsp3) is 0.500. The Morgan fingerprint density at radius 3 is 2.95 bits per heavy atom. The first-order valence-corrected chi connectivity index (χ1v) is 6.47. The number of carbonyl (C=O) groups is 1. The third kappa shape index (κ3) is 2.91. The number of rotatable bonds is 4. The van der Waals surface area contributed by atoms with Crippen molar-refractivity contribution >= 4 is 5.91 Å². The van der Waals surface area contributed by atoms with E-state index in [0.29, 0.717) is 24.3 Å². The molecular formula is C14H19FN2O3. The maximum atomic E-state index is 13.3. The van der Waals surface area contributed by atoms with E-state index in [1.807, 2.05) is 0 Å². The summed E-state index contributed by atoms with van der Waals surface area (Å²) in [6.07, 6.45) is 0.478. The second-order valence-corrected chi connectivity index (χ2v) is 5.04. The van der Waals surface area contributed by atoms with Gasteiger partial charge in [-0.05, 0) is 31.5 Å². The normalized spacial score (nSPS) is 23.4. The minimum atomic E-state index is -1.01. The molecule has 110 valence electrons. The number of nitrogens with one attached hydrogen (secondary N) is 1. The Bertz CT molecular complexity index is 501. The highest BCUT2D eigenvalue weighted by molar-refractivity contribution is 5.87. The van der Waals surface area contributed by atoms with Crippen LogP contribution in [0.4, 0.5) is 4.39 Å². The van der Waals surface area contributed by atoms with E-state index in [1.54, 1.807) is 6.92 Å². The molecule has 2 rings (SSSR count). The van der Waals surface area contributed by atoms with Gasteiger partial charge in [0, 0.05) is 12.2 Å². The van der Waals surface area contributed by atoms with Gasteiger partial charge in [-0.2, -0.15) is 0 Å². The smallest absolute Gasteiger partial charge is 0.243 e. The number of nitrogens with two attached hydrogens (primary N) is 1. The molecule has 0 spiro atoms. The van der Waals surface area contributed by atoms with Crippen molar-refractivity contribution in [2.45, 2.75) is 24.9 Å². The summed E-state index contributed by atoms with van der Waals surface area (Å²) < 4.78 is 23.7. The summed E-state index contributed by atoms with van der Waals surface area (Å²) in [5, 5.41) is 2.79. The minimum absolute atomic E-state index is 0.200. The molecule has 20 heavy (non-hydrogen) atoms. The molecule has 1 aromatic rings. The van der Waals surface area contributed by atoms with Crippen LogP contribution in [0.15, 0.2) is 18.2 Å². The van der Waals surface area contributed by atoms with Crippen molar-refractivity contribution in [2.75, 3.05) is 20.3 Å². The van der Waals surface area contributed by atoms with Crippen LogP contribution < -0.4 is 15.8 Å². The van der Waals surface area contributed by atoms with Gasteiger partial charge in [0.15, 0.2) is 0 Å². The third-order valence-corrected chi connectivity index (χ3v) is 3.51. The van der Waals surface area contributed by atoms with Crippen molar-refractivity contribution in [1.29, 1.82) is 0 Å². The fourth-order valence-electron chi connectivity index (χ4n) is 2.22. The lowest BCUT2D eigenvalue weighted by Gasteiger charge is -2.24. The lowest BCUT2D eigenvalue weighted by atomic mass is 9.98. The zero-order valence-corrected chi connectivity index (χ0v) is 11.6. The highest BCUT2D eigenvalue weighted by atomic mass is 19.1. The van der Waals surface area contributed by atoms with E-state index >= 15 is 0 Å². The standard InChI is InChI=1S/C14H19FN2O3/c1-9(11-7-10(15)3-4-12(11)19-2)17-13(18)14(16)5-6-20-8-14/h3-4,7,9H,5-6,8,16H2,1-2H3,(H,17,18). The number of hydrogen-bond acceptors (Lipinski definition) is 4. The van der Waals surface area contributed by atoms with E-state index in [9.17, 15) is 9.18 Å². The molecule has 0 saturated carbocycles. The molecule has 5 nitrogen and oxygen atoms in total. The Hall–Kier alpha value is -1.66. The van der Waals surface area contributed by atoms with Crippen molar-refractivity contribution < 1.29 is 18.7 Å². The topological polar surface area (TPSA) is 73.6 Å². The third-order valence-electron chi connectivity index (χ3n) is 3.51. The fourth-order valence-corrected chi connectivity index (χ4v) is 2.22. The first-order chi connectivity index (χ1) is 9.46. The van der Waals surface area contributed by atoms with E-state index in [1.165, 1.54) is 25.3 Å². The maximum absolute atomic E-state index is 13.3. The Kier molecular flexibility index (Phi) is 4.25. The number of halogens is 1. The van der Waals surface area contributed by atoms with Gasteiger partial charge in [0.1, 0.15) is 17.1 Å². The first-order valence-electron chi connectivity index (χ1n) is 6.47. The van der Waals surface area contributed by atoms with E-state index in [-0.39, 0.29) is 18.3 Å². The van der Waals surface area contributed by atoms with Crippen LogP contribution in [0.1, 0.15) is 24.9 Å². The zero-order valence-electron chi connectivity index (χ0n) is 11.6. The van der Waals surface area contributed by atoms with Crippen LogP contribution in [0.3, 0.4) is 0 Å². The molecule has 1 amide bonds. The maximum Gasteiger partial charge on any atom is 0.243 e. The van der Waals surface area contributed by atoms with Gasteiger partial charge in [-0.25, -0.2) is 4.39 Å². The van der Waals surface area contributed by atoms with Gasteiger partial charge in [-0.3, -0.25) is 4.79 Å². The monoisotopic (exact) mass is 282 g/mol. The second kappa shape index (κ2) is 5.76. The number of benzene rings is 1. The molecule has 1 fully saturated rings. The molecule has 1 heterocycles. The van der Waals surface area contributed by atoms with Crippen LogP contribution in [0.2, 0.25) is 0 Å². The van der Waals surface area contributed by atoms with Crippen LogP contribution in [-0.4, -0.2) is 31.8 Å². The highest BCUT2D eigenvalue weighted by Gasteiger charge is 2.38. The summed E-state index contributed by atoms with van der Waals surface area (Å²) >= 11 is 0. The van der Waals surface area contributed by atoms with E-state index in [0.717, 1.165) is 0 Å². The first kappa shape index (κ1) is 14.7. The van der Waals surface area contributed by atoms with Crippen molar-refractivity contribution in [3.05, 3.63) is 29.6 Å². The predicted molar refractivity (Wildman–Crippen MR) is 71.9 cm³/mol. The average Bonchev–Trinajstić information content (AvgIpc) is 2.87. The summed E-state index contributed by atoms with van der Waals surface area (Å²) in [6.45, 7) is 2.43. The van der Waals surface area contributed by atoms with Crippen LogP contribution in [0, 0.1) is 5.82 Å². The van der Waals surface area contributed by atoms with Crippen molar-refractivity contribution in [1.82, 2.24) is 5.32 Å². The molecular weight excluding hydrogens is 263 g/mol. The molecule has 1 aromatic carbocycles. The quantitative estimate of drug-likeness (QED) is 0.868. The number of hydrogen-bond donors (Lipinski definition) is 2. The number of methoxy groups -OCH3 is 1. The SMILES string of the molecule is COc1ccc(F)cc1C(C)NC(=O)C1(N)CCOC1. The molecule has 6 heteroatoms. The summed E-state index contributed by atoms with van der Waals surface area (Å²) in [6, 6.07) is 3.78. The van der Waals surface area contributed by atoms with Crippen molar-refractivity contribution in [3.8, 4) is 5.75 Å². The second-order valence-electron chi connectivity index (χ2n) is 5.04. The van der Waals surface area contributed by atoms with Crippen molar-refractivity contribution in [2.24, 2.45) is 5.73 Å². The molecule has 2 atom stereocenters. The van der Waals surface area contributed by atoms with E-state index in [4.69, 9.17) is 15.2 Å². The minimum Gasteiger partial charge on any atom is -0.496 e. The van der Waals surface area contributed by atoms with Crippen LogP contribution in [0.25, 0.3) is 0 Å². The molecule has 0 aliphatic carbocycles. The highest BCUT2D eigenvalue weighted by Crippen LogP contribution is 2.26. The Labute approximate surface area is 117 Å². The molecule has 0 radical (unpaired) electrons. The Morgan fingerprint density at radius 2 is 2.35 bits per heavy atom. The summed E-state index contributed by atoms with van der Waals surface area (Å²) in [5.41, 5.74) is 5.55. The Balaban J connectivity index is 2.13. The molecule has 1 aliphatic rings. The van der Waals surface area contributed by atoms with Gasteiger partial charge in [0.05, 0.1) is 19.8 Å². The lowest BCUT2D eigenvalue weighted by Crippen LogP contribution is -2.54. The molecule has 0 aromatic heterocycles. The largest absolute Gasteiger partial charge is 0.496 e. The zero-order chi connectivity index (χ0) is 14.8. The van der Waals surface area contributed by atoms with E-state index < -0.39 is 11.6 Å². The van der Waals surface area contributed by atoms with Gasteiger partial charge < -0.3 is 20.5 Å². The van der Waals surface area contributed by atoms with Gasteiger partial charge in [0.25, 0.3) is 0 Å². The number of carbonyl (C=O) groups excluding carboxylic acids is 1. The van der Waals surface area contributed by atoms with Crippen LogP contribution in [0.5, 0.6) is 5.75 Å². The summed E-state index contributed by atoms with van der Waals surface area (Å²) in [7, 11) is 1.50. The molecule has 1 saturated heterocycles. The Morgan fingerprint density at radius 1 is 1.60 bits per heavy atom. The number of ether oxygens (including phenoxy) is 2.